The zero-order valence-corrected chi connectivity index (χ0v) is 15.5. The van der Waals surface area contributed by atoms with Gasteiger partial charge in [0.1, 0.15) is 11.5 Å². The first kappa shape index (κ1) is 17.5. The molecule has 26 heavy (non-hydrogen) atoms. The van der Waals surface area contributed by atoms with Crippen LogP contribution < -0.4 is 15.8 Å². The fourth-order valence-corrected chi connectivity index (χ4v) is 4.05. The monoisotopic (exact) mass is 356 g/mol. The second kappa shape index (κ2) is 7.76. The Balaban J connectivity index is 1.66. The summed E-state index contributed by atoms with van der Waals surface area (Å²) in [5, 5.41) is 3.62. The van der Waals surface area contributed by atoms with Gasteiger partial charge < -0.3 is 15.0 Å². The quantitative estimate of drug-likeness (QED) is 0.907. The van der Waals surface area contributed by atoms with Crippen LogP contribution in [-0.4, -0.2) is 48.3 Å². The summed E-state index contributed by atoms with van der Waals surface area (Å²) in [7, 11) is 0. The molecule has 0 amide bonds. The van der Waals surface area contributed by atoms with Crippen molar-refractivity contribution in [3.05, 3.63) is 39.8 Å². The minimum atomic E-state index is -0.00256. The summed E-state index contributed by atoms with van der Waals surface area (Å²) in [6.45, 7) is 6.12. The topological polar surface area (TPSA) is 58.9 Å². The molecule has 2 aromatic heterocycles. The average molecular weight is 356 g/mol. The number of anilines is 1. The lowest BCUT2D eigenvalue weighted by atomic mass is 9.98. The summed E-state index contributed by atoms with van der Waals surface area (Å²) in [6, 6.07) is 4.43. The Bertz CT molecular complexity index is 820. The molecule has 0 aliphatic carbocycles. The van der Waals surface area contributed by atoms with Crippen LogP contribution in [0.5, 0.6) is 0 Å². The highest BCUT2D eigenvalue weighted by molar-refractivity contribution is 5.54. The Morgan fingerprint density at radius 2 is 2.12 bits per heavy atom. The molecule has 1 unspecified atom stereocenters. The van der Waals surface area contributed by atoms with E-state index in [-0.39, 0.29) is 5.56 Å². The SMILES string of the molecule is Cc1cc(CCC2CCCCN2)c2nc(N3CCOCC3)cc(=O)n2c1. The van der Waals surface area contributed by atoms with Gasteiger partial charge in [-0.15, -0.1) is 0 Å². The molecule has 1 N–H and O–H groups in total. The normalized spacial score (nSPS) is 21.3. The first-order valence-corrected chi connectivity index (χ1v) is 9.80. The van der Waals surface area contributed by atoms with Crippen LogP contribution in [0.1, 0.15) is 36.8 Å². The minimum absolute atomic E-state index is 0.00256. The van der Waals surface area contributed by atoms with Gasteiger partial charge in [0.25, 0.3) is 5.56 Å². The second-order valence-corrected chi connectivity index (χ2v) is 7.47. The minimum Gasteiger partial charge on any atom is -0.378 e. The van der Waals surface area contributed by atoms with E-state index in [1.807, 2.05) is 13.1 Å². The molecule has 2 saturated heterocycles. The van der Waals surface area contributed by atoms with E-state index in [0.717, 1.165) is 49.5 Å². The molecule has 6 heteroatoms. The number of rotatable bonds is 4. The Hall–Kier alpha value is -1.92. The number of hydrogen-bond donors (Lipinski definition) is 1. The van der Waals surface area contributed by atoms with E-state index in [1.54, 1.807) is 10.5 Å². The molecule has 2 aliphatic heterocycles. The van der Waals surface area contributed by atoms with Crippen molar-refractivity contribution in [2.75, 3.05) is 37.7 Å². The van der Waals surface area contributed by atoms with E-state index < -0.39 is 0 Å². The van der Waals surface area contributed by atoms with Crippen LogP contribution in [-0.2, 0) is 11.2 Å². The molecule has 1 atom stereocenters. The molecule has 4 rings (SSSR count). The molecule has 2 aromatic rings. The predicted octanol–water partition coefficient (Wildman–Crippen LogP) is 1.91. The molecule has 2 fully saturated rings. The lowest BCUT2D eigenvalue weighted by Crippen LogP contribution is -2.37. The standard InChI is InChI=1S/C20H28N4O2/c1-15-12-16(5-6-17-4-2-3-7-21-17)20-22-18(13-19(25)24(20)14-15)23-8-10-26-11-9-23/h12-14,17,21H,2-11H2,1H3. The summed E-state index contributed by atoms with van der Waals surface area (Å²) < 4.78 is 7.14. The number of fused-ring (bicyclic) bond motifs is 1. The number of pyridine rings is 1. The van der Waals surface area contributed by atoms with E-state index in [1.165, 1.54) is 24.8 Å². The predicted molar refractivity (Wildman–Crippen MR) is 103 cm³/mol. The molecule has 0 spiro atoms. The van der Waals surface area contributed by atoms with Crippen molar-refractivity contribution in [1.82, 2.24) is 14.7 Å². The first-order valence-electron chi connectivity index (χ1n) is 9.80. The number of aryl methyl sites for hydroxylation is 2. The van der Waals surface area contributed by atoms with E-state index in [2.05, 4.69) is 16.3 Å². The summed E-state index contributed by atoms with van der Waals surface area (Å²) in [5.41, 5.74) is 3.08. The van der Waals surface area contributed by atoms with E-state index in [4.69, 9.17) is 9.72 Å². The molecule has 0 bridgehead atoms. The van der Waals surface area contributed by atoms with Crippen molar-refractivity contribution >= 4 is 11.5 Å². The van der Waals surface area contributed by atoms with Gasteiger partial charge in [-0.2, -0.15) is 0 Å². The van der Waals surface area contributed by atoms with Crippen molar-refractivity contribution in [2.24, 2.45) is 0 Å². The highest BCUT2D eigenvalue weighted by Gasteiger charge is 2.17. The molecular formula is C20H28N4O2. The molecule has 4 heterocycles. The van der Waals surface area contributed by atoms with Gasteiger partial charge in [0.05, 0.1) is 13.2 Å². The van der Waals surface area contributed by atoms with Crippen LogP contribution in [0.3, 0.4) is 0 Å². The average Bonchev–Trinajstić information content (AvgIpc) is 2.68. The Kier molecular flexibility index (Phi) is 5.22. The number of nitrogens with zero attached hydrogens (tertiary/aromatic N) is 3. The molecule has 140 valence electrons. The molecule has 2 aliphatic rings. The van der Waals surface area contributed by atoms with Gasteiger partial charge in [0.15, 0.2) is 0 Å². The summed E-state index contributed by atoms with van der Waals surface area (Å²) in [4.78, 5) is 19.7. The van der Waals surface area contributed by atoms with Gasteiger partial charge in [0, 0.05) is 31.4 Å². The maximum absolute atomic E-state index is 12.7. The van der Waals surface area contributed by atoms with Crippen molar-refractivity contribution in [3.63, 3.8) is 0 Å². The number of morpholine rings is 1. The van der Waals surface area contributed by atoms with Gasteiger partial charge >= 0.3 is 0 Å². The number of aromatic nitrogens is 2. The van der Waals surface area contributed by atoms with Crippen molar-refractivity contribution < 1.29 is 4.74 Å². The summed E-state index contributed by atoms with van der Waals surface area (Å²) in [5.74, 6) is 0.777. The van der Waals surface area contributed by atoms with Crippen LogP contribution in [0.2, 0.25) is 0 Å². The fourth-order valence-electron chi connectivity index (χ4n) is 4.05. The Morgan fingerprint density at radius 3 is 2.88 bits per heavy atom. The largest absolute Gasteiger partial charge is 0.378 e. The maximum atomic E-state index is 12.7. The van der Waals surface area contributed by atoms with E-state index >= 15 is 0 Å². The van der Waals surface area contributed by atoms with Crippen LogP contribution >= 0.6 is 0 Å². The molecule has 0 saturated carbocycles. The molecular weight excluding hydrogens is 328 g/mol. The Morgan fingerprint density at radius 1 is 1.27 bits per heavy atom. The fraction of sp³-hybridized carbons (Fsp3) is 0.600. The Labute approximate surface area is 154 Å². The molecule has 6 nitrogen and oxygen atoms in total. The third kappa shape index (κ3) is 3.76. The van der Waals surface area contributed by atoms with Crippen LogP contribution in [0.25, 0.3) is 5.65 Å². The maximum Gasteiger partial charge on any atom is 0.259 e. The molecule has 0 aromatic carbocycles. The van der Waals surface area contributed by atoms with Gasteiger partial charge in [-0.1, -0.05) is 12.5 Å². The van der Waals surface area contributed by atoms with Crippen molar-refractivity contribution in [3.8, 4) is 0 Å². The lowest BCUT2D eigenvalue weighted by Gasteiger charge is -2.28. The number of ether oxygens (including phenoxy) is 1. The zero-order valence-electron chi connectivity index (χ0n) is 15.5. The smallest absolute Gasteiger partial charge is 0.259 e. The molecule has 0 radical (unpaired) electrons. The first-order chi connectivity index (χ1) is 12.7. The van der Waals surface area contributed by atoms with Crippen LogP contribution in [0.4, 0.5) is 5.82 Å². The third-order valence-corrected chi connectivity index (χ3v) is 5.47. The second-order valence-electron chi connectivity index (χ2n) is 7.47. The lowest BCUT2D eigenvalue weighted by molar-refractivity contribution is 0.122. The van der Waals surface area contributed by atoms with Crippen molar-refractivity contribution in [2.45, 2.75) is 45.1 Å². The van der Waals surface area contributed by atoms with E-state index in [9.17, 15) is 4.79 Å². The number of hydrogen-bond acceptors (Lipinski definition) is 5. The number of nitrogens with one attached hydrogen (secondary N) is 1. The highest BCUT2D eigenvalue weighted by Crippen LogP contribution is 2.19. The number of piperidine rings is 1. The van der Waals surface area contributed by atoms with Crippen LogP contribution in [0.15, 0.2) is 23.1 Å². The zero-order chi connectivity index (χ0) is 17.9. The van der Waals surface area contributed by atoms with Gasteiger partial charge in [-0.25, -0.2) is 4.98 Å². The van der Waals surface area contributed by atoms with E-state index in [0.29, 0.717) is 19.3 Å². The van der Waals surface area contributed by atoms with Gasteiger partial charge in [-0.05, 0) is 50.3 Å². The third-order valence-electron chi connectivity index (χ3n) is 5.47. The highest BCUT2D eigenvalue weighted by atomic mass is 16.5. The summed E-state index contributed by atoms with van der Waals surface area (Å²) >= 11 is 0. The van der Waals surface area contributed by atoms with Gasteiger partial charge in [-0.3, -0.25) is 9.20 Å². The van der Waals surface area contributed by atoms with Crippen molar-refractivity contribution in [1.29, 1.82) is 0 Å². The summed E-state index contributed by atoms with van der Waals surface area (Å²) in [6.07, 6.45) is 7.78. The van der Waals surface area contributed by atoms with Gasteiger partial charge in [0.2, 0.25) is 0 Å². The van der Waals surface area contributed by atoms with Crippen LogP contribution in [0, 0.1) is 6.92 Å².